The molecule has 2 aromatic heterocycles. The number of nitrogens with one attached hydrogen (secondary N) is 1. The van der Waals surface area contributed by atoms with Crippen LogP contribution in [0.3, 0.4) is 0 Å². The van der Waals surface area contributed by atoms with E-state index in [2.05, 4.69) is 29.4 Å². The van der Waals surface area contributed by atoms with Gasteiger partial charge in [0.15, 0.2) is 0 Å². The van der Waals surface area contributed by atoms with Crippen LogP contribution in [0.4, 0.5) is 5.82 Å². The van der Waals surface area contributed by atoms with Gasteiger partial charge in [-0.2, -0.15) is 0 Å². The molecule has 0 saturated heterocycles. The average Bonchev–Trinajstić information content (AvgIpc) is 2.62. The summed E-state index contributed by atoms with van der Waals surface area (Å²) < 4.78 is 0. The molecule has 0 aliphatic rings. The highest BCUT2D eigenvalue weighted by Gasteiger charge is 1.98. The van der Waals surface area contributed by atoms with E-state index >= 15 is 0 Å². The zero-order valence-electron chi connectivity index (χ0n) is 8.33. The van der Waals surface area contributed by atoms with Crippen molar-refractivity contribution < 1.29 is 0 Å². The van der Waals surface area contributed by atoms with Crippen molar-refractivity contribution in [2.24, 2.45) is 0 Å². The van der Waals surface area contributed by atoms with E-state index in [9.17, 15) is 0 Å². The number of aromatic nitrogens is 1. The number of hydrogen-bond acceptors (Lipinski definition) is 3. The number of rotatable bonds is 3. The van der Waals surface area contributed by atoms with Crippen molar-refractivity contribution in [2.45, 2.75) is 13.5 Å². The van der Waals surface area contributed by atoms with Gasteiger partial charge in [-0.1, -0.05) is 17.7 Å². The lowest BCUT2D eigenvalue weighted by Gasteiger charge is -2.03. The quantitative estimate of drug-likeness (QED) is 0.825. The van der Waals surface area contributed by atoms with Crippen LogP contribution >= 0.6 is 22.9 Å². The van der Waals surface area contributed by atoms with Gasteiger partial charge in [0.25, 0.3) is 0 Å². The Bertz CT molecular complexity index is 453. The summed E-state index contributed by atoms with van der Waals surface area (Å²) in [5.41, 5.74) is 0. The minimum absolute atomic E-state index is 0.516. The highest BCUT2D eigenvalue weighted by atomic mass is 35.5. The Hall–Kier alpha value is -1.06. The van der Waals surface area contributed by atoms with Crippen LogP contribution < -0.4 is 5.32 Å². The summed E-state index contributed by atoms with van der Waals surface area (Å²) >= 11 is 7.57. The second-order valence-electron chi connectivity index (χ2n) is 3.21. The lowest BCUT2D eigenvalue weighted by Crippen LogP contribution is -1.99. The summed E-state index contributed by atoms with van der Waals surface area (Å²) in [6, 6.07) is 9.80. The molecule has 0 radical (unpaired) electrons. The molecule has 0 aliphatic heterocycles. The normalized spacial score (nSPS) is 10.3. The van der Waals surface area contributed by atoms with Gasteiger partial charge in [0, 0.05) is 9.75 Å². The summed E-state index contributed by atoms with van der Waals surface area (Å²) in [5.74, 6) is 0.813. The van der Waals surface area contributed by atoms with Crippen LogP contribution in [-0.2, 0) is 6.54 Å². The van der Waals surface area contributed by atoms with Gasteiger partial charge in [-0.3, -0.25) is 0 Å². The average molecular weight is 239 g/mol. The molecular weight excluding hydrogens is 228 g/mol. The van der Waals surface area contributed by atoms with Gasteiger partial charge in [0.1, 0.15) is 11.0 Å². The smallest absolute Gasteiger partial charge is 0.131 e. The van der Waals surface area contributed by atoms with Gasteiger partial charge >= 0.3 is 0 Å². The van der Waals surface area contributed by atoms with E-state index in [1.165, 1.54) is 9.75 Å². The first-order valence-corrected chi connectivity index (χ1v) is 5.85. The van der Waals surface area contributed by atoms with Gasteiger partial charge in [-0.25, -0.2) is 4.98 Å². The molecule has 2 rings (SSSR count). The lowest BCUT2D eigenvalue weighted by atomic mass is 10.4. The third kappa shape index (κ3) is 2.94. The van der Waals surface area contributed by atoms with Crippen molar-refractivity contribution in [3.05, 3.63) is 45.2 Å². The summed E-state index contributed by atoms with van der Waals surface area (Å²) in [5, 5.41) is 3.75. The maximum Gasteiger partial charge on any atom is 0.131 e. The number of halogens is 1. The molecule has 0 amide bonds. The first-order valence-electron chi connectivity index (χ1n) is 4.66. The first-order chi connectivity index (χ1) is 7.24. The molecule has 78 valence electrons. The zero-order valence-corrected chi connectivity index (χ0v) is 9.90. The van der Waals surface area contributed by atoms with Crippen LogP contribution in [0, 0.1) is 6.92 Å². The Balaban J connectivity index is 1.99. The van der Waals surface area contributed by atoms with Gasteiger partial charge in [0.05, 0.1) is 6.54 Å². The van der Waals surface area contributed by atoms with E-state index < -0.39 is 0 Å². The van der Waals surface area contributed by atoms with Gasteiger partial charge < -0.3 is 5.32 Å². The number of hydrogen-bond donors (Lipinski definition) is 1. The Kier molecular flexibility index (Phi) is 3.23. The summed E-state index contributed by atoms with van der Waals surface area (Å²) in [6.07, 6.45) is 0. The maximum absolute atomic E-state index is 5.78. The van der Waals surface area contributed by atoms with Gasteiger partial charge in [-0.15, -0.1) is 11.3 Å². The first kappa shape index (κ1) is 10.5. The van der Waals surface area contributed by atoms with Crippen LogP contribution in [0.25, 0.3) is 0 Å². The van der Waals surface area contributed by atoms with Gasteiger partial charge in [0.2, 0.25) is 0 Å². The van der Waals surface area contributed by atoms with Crippen LogP contribution in [-0.4, -0.2) is 4.98 Å². The van der Waals surface area contributed by atoms with E-state index in [0.717, 1.165) is 12.4 Å². The molecule has 2 nitrogen and oxygen atoms in total. The minimum atomic E-state index is 0.516. The topological polar surface area (TPSA) is 24.9 Å². The second kappa shape index (κ2) is 4.64. The van der Waals surface area contributed by atoms with Gasteiger partial charge in [-0.05, 0) is 31.2 Å². The number of thiophene rings is 1. The fourth-order valence-corrected chi connectivity index (χ4v) is 2.26. The summed E-state index contributed by atoms with van der Waals surface area (Å²) in [4.78, 5) is 6.78. The molecule has 0 aliphatic carbocycles. The monoisotopic (exact) mass is 238 g/mol. The molecule has 0 aromatic carbocycles. The molecule has 0 spiro atoms. The number of anilines is 1. The summed E-state index contributed by atoms with van der Waals surface area (Å²) in [7, 11) is 0. The Morgan fingerprint density at radius 1 is 1.33 bits per heavy atom. The van der Waals surface area contributed by atoms with E-state index in [4.69, 9.17) is 11.6 Å². The molecule has 1 N–H and O–H groups in total. The van der Waals surface area contributed by atoms with Crippen LogP contribution in [0.5, 0.6) is 0 Å². The molecule has 0 fully saturated rings. The molecule has 0 bridgehead atoms. The maximum atomic E-state index is 5.78. The van der Waals surface area contributed by atoms with Crippen molar-refractivity contribution in [2.75, 3.05) is 5.32 Å². The predicted molar refractivity (Wildman–Crippen MR) is 65.6 cm³/mol. The Morgan fingerprint density at radius 3 is 2.87 bits per heavy atom. The Morgan fingerprint density at radius 2 is 2.20 bits per heavy atom. The second-order valence-corrected chi connectivity index (χ2v) is 4.97. The Labute approximate surface area is 97.9 Å². The SMILES string of the molecule is Cc1ccc(CNc2cccc(Cl)n2)s1. The van der Waals surface area contributed by atoms with E-state index in [1.54, 1.807) is 17.4 Å². The molecule has 2 aromatic rings. The minimum Gasteiger partial charge on any atom is -0.365 e. The van der Waals surface area contributed by atoms with E-state index in [-0.39, 0.29) is 0 Å². The van der Waals surface area contributed by atoms with Crippen LogP contribution in [0.15, 0.2) is 30.3 Å². The van der Waals surface area contributed by atoms with Crippen molar-refractivity contribution >= 4 is 28.8 Å². The lowest BCUT2D eigenvalue weighted by molar-refractivity contribution is 1.14. The highest BCUT2D eigenvalue weighted by molar-refractivity contribution is 7.11. The highest BCUT2D eigenvalue weighted by Crippen LogP contribution is 2.17. The van der Waals surface area contributed by atoms with Crippen LogP contribution in [0.1, 0.15) is 9.75 Å². The third-order valence-electron chi connectivity index (χ3n) is 1.95. The zero-order chi connectivity index (χ0) is 10.7. The summed E-state index contributed by atoms with van der Waals surface area (Å²) in [6.45, 7) is 2.90. The molecule has 15 heavy (non-hydrogen) atoms. The van der Waals surface area contributed by atoms with Crippen molar-refractivity contribution in [1.82, 2.24) is 4.98 Å². The molecule has 0 unspecified atom stereocenters. The van der Waals surface area contributed by atoms with Crippen LogP contribution in [0.2, 0.25) is 5.15 Å². The van der Waals surface area contributed by atoms with Crippen molar-refractivity contribution in [3.8, 4) is 0 Å². The molecular formula is C11H11ClN2S. The molecule has 2 heterocycles. The predicted octanol–water partition coefficient (Wildman–Crippen LogP) is 3.72. The fraction of sp³-hybridized carbons (Fsp3) is 0.182. The molecule has 0 saturated carbocycles. The van der Waals surface area contributed by atoms with Crippen molar-refractivity contribution in [1.29, 1.82) is 0 Å². The standard InChI is InChI=1S/C11H11ClN2S/c1-8-5-6-9(15-8)7-13-11-4-2-3-10(12)14-11/h2-6H,7H2,1H3,(H,13,14). The number of pyridine rings is 1. The number of nitrogens with zero attached hydrogens (tertiary/aromatic N) is 1. The molecule has 4 heteroatoms. The largest absolute Gasteiger partial charge is 0.365 e. The number of aryl methyl sites for hydroxylation is 1. The van der Waals surface area contributed by atoms with Crippen molar-refractivity contribution in [3.63, 3.8) is 0 Å². The van der Waals surface area contributed by atoms with E-state index in [0.29, 0.717) is 5.15 Å². The van der Waals surface area contributed by atoms with E-state index in [1.807, 2.05) is 12.1 Å². The third-order valence-corrected chi connectivity index (χ3v) is 3.17. The molecule has 0 atom stereocenters. The fourth-order valence-electron chi connectivity index (χ4n) is 1.26.